The average Bonchev–Trinajstić information content (AvgIpc) is 4.01. The van der Waals surface area contributed by atoms with E-state index >= 15 is 0 Å². The molecule has 326 valence electrons. The summed E-state index contributed by atoms with van der Waals surface area (Å²) in [5, 5.41) is 0. The summed E-state index contributed by atoms with van der Waals surface area (Å²) in [6, 6.07) is 96.5. The summed E-state index contributed by atoms with van der Waals surface area (Å²) in [5.41, 5.74) is 24.4. The molecule has 70 heavy (non-hydrogen) atoms. The number of para-hydroxylation sites is 1. The molecule has 0 radical (unpaired) electrons. The van der Waals surface area contributed by atoms with Crippen LogP contribution >= 0.6 is 0 Å². The fourth-order valence-electron chi connectivity index (χ4n) is 13.0. The van der Waals surface area contributed by atoms with E-state index in [4.69, 9.17) is 4.74 Å². The third kappa shape index (κ3) is 5.22. The van der Waals surface area contributed by atoms with Gasteiger partial charge in [0, 0.05) is 28.2 Å². The van der Waals surface area contributed by atoms with Gasteiger partial charge >= 0.3 is 0 Å². The molecule has 0 bridgehead atoms. The number of rotatable bonds is 5. The van der Waals surface area contributed by atoms with Crippen LogP contribution in [0, 0.1) is 0 Å². The largest absolute Gasteiger partial charge is 0.457 e. The van der Waals surface area contributed by atoms with Gasteiger partial charge in [0.15, 0.2) is 0 Å². The Kier molecular flexibility index (Phi) is 8.24. The minimum Gasteiger partial charge on any atom is -0.457 e. The first-order valence-corrected chi connectivity index (χ1v) is 24.3. The fraction of sp³-hybridized carbons (Fsp3) is 0.0294. The summed E-state index contributed by atoms with van der Waals surface area (Å²) in [7, 11) is 0. The van der Waals surface area contributed by atoms with E-state index in [2.05, 4.69) is 266 Å². The average molecular weight is 890 g/mol. The summed E-state index contributed by atoms with van der Waals surface area (Å²) in [5.74, 6) is 1.74. The van der Waals surface area contributed by atoms with Gasteiger partial charge < -0.3 is 9.64 Å². The van der Waals surface area contributed by atoms with Crippen LogP contribution in [0.5, 0.6) is 11.5 Å². The maximum atomic E-state index is 7.19. The van der Waals surface area contributed by atoms with Gasteiger partial charge in [0.25, 0.3) is 0 Å². The molecule has 2 spiro atoms. The Hall–Kier alpha value is -8.98. The van der Waals surface area contributed by atoms with Crippen molar-refractivity contribution in [3.05, 3.63) is 305 Å². The molecule has 0 amide bonds. The van der Waals surface area contributed by atoms with Crippen LogP contribution in [0.3, 0.4) is 0 Å². The molecule has 1 aliphatic heterocycles. The lowest BCUT2D eigenvalue weighted by Gasteiger charge is -2.40. The lowest BCUT2D eigenvalue weighted by molar-refractivity contribution is 0.437. The zero-order valence-electron chi connectivity index (χ0n) is 38.2. The van der Waals surface area contributed by atoms with E-state index in [9.17, 15) is 0 Å². The number of hydrogen-bond acceptors (Lipinski definition) is 2. The van der Waals surface area contributed by atoms with Crippen LogP contribution in [0.25, 0.3) is 55.6 Å². The molecule has 4 aliphatic rings. The number of anilines is 3. The van der Waals surface area contributed by atoms with E-state index in [0.717, 1.165) is 61.9 Å². The van der Waals surface area contributed by atoms with Crippen LogP contribution < -0.4 is 9.64 Å². The van der Waals surface area contributed by atoms with Gasteiger partial charge in [-0.1, -0.05) is 212 Å². The summed E-state index contributed by atoms with van der Waals surface area (Å²) in [4.78, 5) is 2.47. The predicted octanol–water partition coefficient (Wildman–Crippen LogP) is 17.3. The van der Waals surface area contributed by atoms with Gasteiger partial charge in [-0.2, -0.15) is 0 Å². The van der Waals surface area contributed by atoms with Gasteiger partial charge in [-0.3, -0.25) is 0 Å². The van der Waals surface area contributed by atoms with Gasteiger partial charge in [0.1, 0.15) is 11.5 Å². The monoisotopic (exact) mass is 889 g/mol. The standard InChI is InChI=1S/C68H43NO/c1-4-18-44(19-5-1)46-32-38-61-65(40-46)70-66-41-47(45-20-6-2-7-21-45)33-39-62(66)68(61)60-31-17-13-27-54(60)56-37-35-50(43-64(56)68)69(48-22-8-3-9-23-48)49-34-36-55-53-26-12-16-30-59(53)67(63(55)42-49)57-28-14-10-24-51(57)52-25-11-15-29-58(52)67/h1-43H. The van der Waals surface area contributed by atoms with Crippen molar-refractivity contribution in [2.24, 2.45) is 0 Å². The van der Waals surface area contributed by atoms with Crippen molar-refractivity contribution in [3.8, 4) is 67.1 Å². The normalized spacial score (nSPS) is 14.1. The molecule has 0 aromatic heterocycles. The van der Waals surface area contributed by atoms with Gasteiger partial charge in [0.05, 0.1) is 10.8 Å². The molecule has 15 rings (SSSR count). The number of ether oxygens (including phenoxy) is 1. The Bertz CT molecular complexity index is 3780. The molecular formula is C68H43NO. The van der Waals surface area contributed by atoms with Gasteiger partial charge in [-0.05, 0) is 138 Å². The molecule has 0 saturated carbocycles. The molecule has 0 atom stereocenters. The molecule has 11 aromatic rings. The Morgan fingerprint density at radius 2 is 0.571 bits per heavy atom. The van der Waals surface area contributed by atoms with Crippen molar-refractivity contribution in [1.29, 1.82) is 0 Å². The topological polar surface area (TPSA) is 12.5 Å². The number of hydrogen-bond donors (Lipinski definition) is 0. The summed E-state index contributed by atoms with van der Waals surface area (Å²) < 4.78 is 7.19. The third-order valence-corrected chi connectivity index (χ3v) is 15.7. The van der Waals surface area contributed by atoms with Crippen LogP contribution in [-0.4, -0.2) is 0 Å². The van der Waals surface area contributed by atoms with Crippen molar-refractivity contribution >= 4 is 17.1 Å². The Morgan fingerprint density at radius 3 is 0.986 bits per heavy atom. The van der Waals surface area contributed by atoms with Crippen molar-refractivity contribution in [2.75, 3.05) is 4.90 Å². The smallest absolute Gasteiger partial charge is 0.132 e. The molecule has 0 unspecified atom stereocenters. The molecule has 0 fully saturated rings. The molecule has 2 nitrogen and oxygen atoms in total. The maximum absolute atomic E-state index is 7.19. The first-order valence-electron chi connectivity index (χ1n) is 24.3. The zero-order valence-corrected chi connectivity index (χ0v) is 38.2. The highest BCUT2D eigenvalue weighted by molar-refractivity contribution is 5.97. The molecule has 1 heterocycles. The fourth-order valence-corrected chi connectivity index (χ4v) is 13.0. The second-order valence-electron chi connectivity index (χ2n) is 19.1. The van der Waals surface area contributed by atoms with Crippen molar-refractivity contribution < 1.29 is 4.74 Å². The highest BCUT2D eigenvalue weighted by Gasteiger charge is 2.53. The van der Waals surface area contributed by atoms with Crippen molar-refractivity contribution in [3.63, 3.8) is 0 Å². The van der Waals surface area contributed by atoms with Crippen LogP contribution in [0.1, 0.15) is 44.5 Å². The van der Waals surface area contributed by atoms with E-state index in [1.165, 1.54) is 66.8 Å². The van der Waals surface area contributed by atoms with Crippen LogP contribution in [0.4, 0.5) is 17.1 Å². The first-order chi connectivity index (χ1) is 34.7. The second-order valence-corrected chi connectivity index (χ2v) is 19.1. The third-order valence-electron chi connectivity index (χ3n) is 15.7. The summed E-state index contributed by atoms with van der Waals surface area (Å²) in [6.45, 7) is 0. The molecule has 3 aliphatic carbocycles. The lowest BCUT2D eigenvalue weighted by atomic mass is 9.65. The van der Waals surface area contributed by atoms with E-state index in [0.29, 0.717) is 0 Å². The molecule has 11 aromatic carbocycles. The highest BCUT2D eigenvalue weighted by atomic mass is 16.5. The van der Waals surface area contributed by atoms with E-state index < -0.39 is 10.8 Å². The second kappa shape index (κ2) is 14.8. The molecule has 0 N–H and O–H groups in total. The van der Waals surface area contributed by atoms with Gasteiger partial charge in [-0.15, -0.1) is 0 Å². The SMILES string of the molecule is c1ccc(-c2ccc3c(c2)Oc2cc(-c4ccccc4)ccc2C32c3ccccc3-c3ccc(N(c4ccccc4)c4ccc5c(c4)C4(c6ccccc6-c6ccccc64)c4ccccc4-5)cc32)cc1. The quantitative estimate of drug-likeness (QED) is 0.171. The van der Waals surface area contributed by atoms with Crippen molar-refractivity contribution in [1.82, 2.24) is 0 Å². The van der Waals surface area contributed by atoms with Crippen LogP contribution in [0.2, 0.25) is 0 Å². The molecule has 0 saturated heterocycles. The lowest BCUT2D eigenvalue weighted by Crippen LogP contribution is -2.32. The molecular weight excluding hydrogens is 847 g/mol. The number of nitrogens with zero attached hydrogens (tertiary/aromatic N) is 1. The maximum Gasteiger partial charge on any atom is 0.132 e. The minimum absolute atomic E-state index is 0.464. The number of benzene rings is 11. The van der Waals surface area contributed by atoms with E-state index in [1.54, 1.807) is 0 Å². The zero-order chi connectivity index (χ0) is 46.0. The van der Waals surface area contributed by atoms with Crippen LogP contribution in [0.15, 0.2) is 261 Å². The van der Waals surface area contributed by atoms with E-state index in [1.807, 2.05) is 0 Å². The van der Waals surface area contributed by atoms with Gasteiger partial charge in [0.2, 0.25) is 0 Å². The Balaban J connectivity index is 0.981. The Morgan fingerprint density at radius 1 is 0.229 bits per heavy atom. The molecule has 2 heteroatoms. The summed E-state index contributed by atoms with van der Waals surface area (Å²) in [6.07, 6.45) is 0. The number of fused-ring (bicyclic) bond motifs is 19. The van der Waals surface area contributed by atoms with E-state index in [-0.39, 0.29) is 0 Å². The summed E-state index contributed by atoms with van der Waals surface area (Å²) >= 11 is 0. The minimum atomic E-state index is -0.682. The predicted molar refractivity (Wildman–Crippen MR) is 286 cm³/mol. The highest BCUT2D eigenvalue weighted by Crippen LogP contribution is 2.65. The van der Waals surface area contributed by atoms with Crippen molar-refractivity contribution in [2.45, 2.75) is 10.8 Å². The Labute approximate surface area is 408 Å². The first kappa shape index (κ1) is 39.1. The van der Waals surface area contributed by atoms with Gasteiger partial charge in [-0.25, -0.2) is 0 Å². The van der Waals surface area contributed by atoms with Crippen LogP contribution in [-0.2, 0) is 10.8 Å².